The highest BCUT2D eigenvalue weighted by Gasteiger charge is 2.13. The topological polar surface area (TPSA) is 53.5 Å². The summed E-state index contributed by atoms with van der Waals surface area (Å²) in [5.41, 5.74) is 6.16. The second-order valence-corrected chi connectivity index (χ2v) is 5.79. The van der Waals surface area contributed by atoms with Crippen LogP contribution in [0.4, 0.5) is 10.1 Å². The smallest absolute Gasteiger partial charge is 0.259 e. The standard InChI is InChI=1S/C19H20FN3O/c20-16-10-4-6-12-18(16)21-13-19(24)23-22-17-11-5-2-8-14-7-1-3-9-15(14)17/h1,3-4,6-7,9-10,12,21H,2,5,8,11,13H2,(H,23,24)/b22-17-. The van der Waals surface area contributed by atoms with Gasteiger partial charge in [-0.15, -0.1) is 0 Å². The van der Waals surface area contributed by atoms with Gasteiger partial charge in [0.2, 0.25) is 0 Å². The van der Waals surface area contributed by atoms with Gasteiger partial charge in [0.25, 0.3) is 5.91 Å². The minimum atomic E-state index is -0.380. The van der Waals surface area contributed by atoms with Crippen LogP contribution in [0.5, 0.6) is 0 Å². The van der Waals surface area contributed by atoms with Gasteiger partial charge < -0.3 is 5.32 Å². The van der Waals surface area contributed by atoms with E-state index < -0.39 is 0 Å². The normalized spacial score (nSPS) is 15.5. The summed E-state index contributed by atoms with van der Waals surface area (Å²) in [6.07, 6.45) is 4.06. The van der Waals surface area contributed by atoms with Crippen molar-refractivity contribution in [3.8, 4) is 0 Å². The molecule has 5 heteroatoms. The van der Waals surface area contributed by atoms with Gasteiger partial charge in [0.05, 0.1) is 17.9 Å². The van der Waals surface area contributed by atoms with E-state index in [-0.39, 0.29) is 18.3 Å². The molecule has 0 aromatic heterocycles. The van der Waals surface area contributed by atoms with E-state index in [1.807, 2.05) is 18.2 Å². The number of carbonyl (C=O) groups excluding carboxylic acids is 1. The Hall–Kier alpha value is -2.69. The molecule has 1 aliphatic carbocycles. The molecule has 124 valence electrons. The van der Waals surface area contributed by atoms with Crippen LogP contribution in [0.15, 0.2) is 53.6 Å². The van der Waals surface area contributed by atoms with Crippen molar-refractivity contribution in [2.45, 2.75) is 25.7 Å². The number of fused-ring (bicyclic) bond motifs is 1. The van der Waals surface area contributed by atoms with E-state index in [9.17, 15) is 9.18 Å². The largest absolute Gasteiger partial charge is 0.374 e. The molecule has 1 amide bonds. The summed E-state index contributed by atoms with van der Waals surface area (Å²) in [5, 5.41) is 7.08. The molecule has 2 aromatic rings. The molecule has 0 spiro atoms. The molecule has 24 heavy (non-hydrogen) atoms. The van der Waals surface area contributed by atoms with E-state index in [0.717, 1.165) is 37.0 Å². The van der Waals surface area contributed by atoms with Gasteiger partial charge >= 0.3 is 0 Å². The first kappa shape index (κ1) is 16.2. The van der Waals surface area contributed by atoms with Crippen LogP contribution in [0.25, 0.3) is 0 Å². The average Bonchev–Trinajstić information content (AvgIpc) is 2.81. The summed E-state index contributed by atoms with van der Waals surface area (Å²) in [4.78, 5) is 12.0. The van der Waals surface area contributed by atoms with E-state index in [4.69, 9.17) is 0 Å². The average molecular weight is 325 g/mol. The third-order valence-corrected chi connectivity index (χ3v) is 4.07. The number of halogens is 1. The van der Waals surface area contributed by atoms with Gasteiger partial charge in [-0.3, -0.25) is 4.79 Å². The summed E-state index contributed by atoms with van der Waals surface area (Å²) in [5.74, 6) is -0.679. The first-order valence-corrected chi connectivity index (χ1v) is 8.16. The Morgan fingerprint density at radius 1 is 1.04 bits per heavy atom. The lowest BCUT2D eigenvalue weighted by Crippen LogP contribution is -2.27. The van der Waals surface area contributed by atoms with Crippen LogP contribution in [-0.4, -0.2) is 18.2 Å². The second-order valence-electron chi connectivity index (χ2n) is 5.79. The van der Waals surface area contributed by atoms with Crippen LogP contribution in [0.3, 0.4) is 0 Å². The predicted octanol–water partition coefficient (Wildman–Crippen LogP) is 3.48. The highest BCUT2D eigenvalue weighted by atomic mass is 19.1. The van der Waals surface area contributed by atoms with Gasteiger partial charge in [-0.1, -0.05) is 36.4 Å². The van der Waals surface area contributed by atoms with E-state index in [1.54, 1.807) is 18.2 Å². The summed E-state index contributed by atoms with van der Waals surface area (Å²) in [7, 11) is 0. The van der Waals surface area contributed by atoms with Crippen LogP contribution < -0.4 is 10.7 Å². The molecule has 0 aliphatic heterocycles. The molecule has 1 aliphatic rings. The minimum absolute atomic E-state index is 0.0284. The summed E-state index contributed by atoms with van der Waals surface area (Å²) in [6.45, 7) is -0.0284. The van der Waals surface area contributed by atoms with Gasteiger partial charge in [0.1, 0.15) is 5.82 Å². The molecule has 0 saturated heterocycles. The number of benzene rings is 2. The number of rotatable bonds is 4. The van der Waals surface area contributed by atoms with E-state index in [0.29, 0.717) is 5.69 Å². The van der Waals surface area contributed by atoms with Gasteiger partial charge in [-0.05, 0) is 43.4 Å². The van der Waals surface area contributed by atoms with Crippen molar-refractivity contribution in [2.75, 3.05) is 11.9 Å². The zero-order chi connectivity index (χ0) is 16.8. The maximum absolute atomic E-state index is 13.5. The molecule has 0 bridgehead atoms. The number of para-hydroxylation sites is 1. The van der Waals surface area contributed by atoms with Crippen LogP contribution >= 0.6 is 0 Å². The molecular formula is C19H20FN3O. The van der Waals surface area contributed by atoms with Crippen molar-refractivity contribution in [1.82, 2.24) is 5.43 Å². The maximum Gasteiger partial charge on any atom is 0.259 e. The predicted molar refractivity (Wildman–Crippen MR) is 93.6 cm³/mol. The van der Waals surface area contributed by atoms with Crippen molar-refractivity contribution in [3.63, 3.8) is 0 Å². The Morgan fingerprint density at radius 3 is 2.67 bits per heavy atom. The first-order chi connectivity index (χ1) is 11.7. The second kappa shape index (κ2) is 7.73. The van der Waals surface area contributed by atoms with Crippen molar-refractivity contribution in [3.05, 3.63) is 65.5 Å². The highest BCUT2D eigenvalue weighted by molar-refractivity contribution is 6.02. The molecule has 2 N–H and O–H groups in total. The Kier molecular flexibility index (Phi) is 5.21. The van der Waals surface area contributed by atoms with Crippen LogP contribution in [0.1, 0.15) is 30.4 Å². The van der Waals surface area contributed by atoms with Gasteiger partial charge in [0, 0.05) is 5.56 Å². The fourth-order valence-corrected chi connectivity index (χ4v) is 2.83. The third kappa shape index (κ3) is 3.98. The van der Waals surface area contributed by atoms with Crippen LogP contribution in [0.2, 0.25) is 0 Å². The fraction of sp³-hybridized carbons (Fsp3) is 0.263. The van der Waals surface area contributed by atoms with Crippen molar-refractivity contribution >= 4 is 17.3 Å². The molecule has 0 atom stereocenters. The minimum Gasteiger partial charge on any atom is -0.374 e. The zero-order valence-corrected chi connectivity index (χ0v) is 13.4. The highest BCUT2D eigenvalue weighted by Crippen LogP contribution is 2.20. The fourth-order valence-electron chi connectivity index (χ4n) is 2.83. The lowest BCUT2D eigenvalue weighted by molar-refractivity contribution is -0.119. The molecule has 0 radical (unpaired) electrons. The molecule has 4 nitrogen and oxygen atoms in total. The zero-order valence-electron chi connectivity index (χ0n) is 13.4. The Balaban J connectivity index is 1.63. The molecular weight excluding hydrogens is 305 g/mol. The number of carbonyl (C=O) groups is 1. The molecule has 0 fully saturated rings. The quantitative estimate of drug-likeness (QED) is 0.668. The number of hydrazone groups is 1. The van der Waals surface area contributed by atoms with Crippen molar-refractivity contribution < 1.29 is 9.18 Å². The number of nitrogens with one attached hydrogen (secondary N) is 2. The van der Waals surface area contributed by atoms with Gasteiger partial charge in [-0.2, -0.15) is 5.10 Å². The molecule has 0 unspecified atom stereocenters. The van der Waals surface area contributed by atoms with Gasteiger partial charge in [0.15, 0.2) is 0 Å². The monoisotopic (exact) mass is 325 g/mol. The molecule has 0 saturated carbocycles. The SMILES string of the molecule is O=C(CNc1ccccc1F)N/N=C1/CCCCc2ccccc21. The number of amides is 1. The number of hydrogen-bond acceptors (Lipinski definition) is 3. The Bertz CT molecular complexity index is 758. The van der Waals surface area contributed by atoms with E-state index in [1.165, 1.54) is 11.6 Å². The summed E-state index contributed by atoms with van der Waals surface area (Å²) < 4.78 is 13.5. The number of anilines is 1. The lowest BCUT2D eigenvalue weighted by atomic mass is 10.0. The first-order valence-electron chi connectivity index (χ1n) is 8.16. The Labute approximate surface area is 140 Å². The van der Waals surface area contributed by atoms with E-state index in [2.05, 4.69) is 21.9 Å². The molecule has 0 heterocycles. The molecule has 2 aromatic carbocycles. The summed E-state index contributed by atoms with van der Waals surface area (Å²) in [6, 6.07) is 14.4. The lowest BCUT2D eigenvalue weighted by Gasteiger charge is -2.09. The number of hydrogen-bond donors (Lipinski definition) is 2. The van der Waals surface area contributed by atoms with Crippen molar-refractivity contribution in [2.24, 2.45) is 5.10 Å². The van der Waals surface area contributed by atoms with Gasteiger partial charge in [-0.25, -0.2) is 9.82 Å². The maximum atomic E-state index is 13.5. The molecule has 3 rings (SSSR count). The van der Waals surface area contributed by atoms with Crippen LogP contribution in [0, 0.1) is 5.82 Å². The number of aryl methyl sites for hydroxylation is 1. The van der Waals surface area contributed by atoms with Crippen molar-refractivity contribution in [1.29, 1.82) is 0 Å². The number of nitrogens with zero attached hydrogens (tertiary/aromatic N) is 1. The summed E-state index contributed by atoms with van der Waals surface area (Å²) >= 11 is 0. The Morgan fingerprint density at radius 2 is 1.79 bits per heavy atom. The van der Waals surface area contributed by atoms with E-state index >= 15 is 0 Å². The van der Waals surface area contributed by atoms with Crippen LogP contribution in [-0.2, 0) is 11.2 Å². The third-order valence-electron chi connectivity index (χ3n) is 4.07.